The molecule has 0 radical (unpaired) electrons. The quantitative estimate of drug-likeness (QED) is 0.143. The molecular weight excluding hydrogens is 723 g/mol. The number of pyridine rings is 2. The van der Waals surface area contributed by atoms with Crippen LogP contribution in [0.25, 0.3) is 0 Å². The Hall–Kier alpha value is -4.40. The Morgan fingerprint density at radius 2 is 0.922 bits per heavy atom. The normalized spacial score (nSPS) is 9.47. The summed E-state index contributed by atoms with van der Waals surface area (Å²) in [5, 5.41) is 8.51. The molecule has 0 aliphatic heterocycles. The van der Waals surface area contributed by atoms with Crippen LogP contribution in [0, 0.1) is 88.9 Å². The fraction of sp³-hybridized carbons (Fsp3) is 0.286. The van der Waals surface area contributed by atoms with Gasteiger partial charge in [-0.2, -0.15) is 10.2 Å². The van der Waals surface area contributed by atoms with E-state index in [1.54, 1.807) is 13.0 Å². The van der Waals surface area contributed by atoms with E-state index in [1.165, 1.54) is 22.8 Å². The van der Waals surface area contributed by atoms with Crippen LogP contribution >= 0.6 is 27.5 Å². The lowest BCUT2D eigenvalue weighted by Gasteiger charge is -1.96. The van der Waals surface area contributed by atoms with Crippen LogP contribution in [0.5, 0.6) is 0 Å². The van der Waals surface area contributed by atoms with Crippen LogP contribution in [0.3, 0.4) is 0 Å². The summed E-state index contributed by atoms with van der Waals surface area (Å²) < 4.78 is 13.5. The maximum Gasteiger partial charge on any atom is 0.126 e. The van der Waals surface area contributed by atoms with Crippen LogP contribution in [0.2, 0.25) is 5.02 Å². The van der Waals surface area contributed by atoms with Crippen molar-refractivity contribution in [3.05, 3.63) is 174 Å². The maximum atomic E-state index is 12.6. The Kier molecular flexibility index (Phi) is 20.9. The van der Waals surface area contributed by atoms with Gasteiger partial charge in [-0.05, 0) is 174 Å². The van der Waals surface area contributed by atoms with Gasteiger partial charge in [-0.25, -0.2) is 19.3 Å². The highest BCUT2D eigenvalue weighted by molar-refractivity contribution is 9.10. The minimum atomic E-state index is -0.116. The van der Waals surface area contributed by atoms with Crippen molar-refractivity contribution in [2.75, 3.05) is 0 Å². The zero-order chi connectivity index (χ0) is 38.5. The van der Waals surface area contributed by atoms with Crippen molar-refractivity contribution in [2.45, 2.75) is 83.1 Å². The lowest BCUT2D eigenvalue weighted by Crippen LogP contribution is -1.86. The summed E-state index contributed by atoms with van der Waals surface area (Å²) in [6.07, 6.45) is 5.49. The molecule has 0 saturated heterocycles. The number of benzene rings is 2. The summed E-state index contributed by atoms with van der Waals surface area (Å²) in [5.41, 5.74) is 11.6. The zero-order valence-electron chi connectivity index (χ0n) is 32.0. The molecule has 6 rings (SSSR count). The molecule has 9 heteroatoms. The number of hydrogen-bond donors (Lipinski definition) is 0. The highest BCUT2D eigenvalue weighted by Gasteiger charge is 1.94. The summed E-state index contributed by atoms with van der Waals surface area (Å²) in [6, 6.07) is 23.3. The van der Waals surface area contributed by atoms with Gasteiger partial charge in [0.1, 0.15) is 16.2 Å². The number of halogens is 3. The molecule has 0 bridgehead atoms. The summed E-state index contributed by atoms with van der Waals surface area (Å²) >= 11 is 9.15. The predicted octanol–water partition coefficient (Wildman–Crippen LogP) is 11.7. The summed E-state index contributed by atoms with van der Waals surface area (Å²) in [4.78, 5) is 16.2. The van der Waals surface area contributed by atoms with Gasteiger partial charge >= 0.3 is 0 Å². The second-order valence-electron chi connectivity index (χ2n) is 12.2. The van der Waals surface area contributed by atoms with Crippen molar-refractivity contribution in [1.82, 2.24) is 30.1 Å². The smallest absolute Gasteiger partial charge is 0.126 e. The van der Waals surface area contributed by atoms with Crippen LogP contribution in [0.4, 0.5) is 4.39 Å². The molecule has 0 spiro atoms. The van der Waals surface area contributed by atoms with E-state index < -0.39 is 0 Å². The third kappa shape index (κ3) is 20.8. The number of aryl methyl sites for hydroxylation is 12. The van der Waals surface area contributed by atoms with Gasteiger partial charge < -0.3 is 0 Å². The van der Waals surface area contributed by atoms with E-state index in [1.807, 2.05) is 143 Å². The molecule has 0 atom stereocenters. The molecule has 0 unspecified atom stereocenters. The van der Waals surface area contributed by atoms with Gasteiger partial charge in [-0.3, -0.25) is 4.98 Å². The van der Waals surface area contributed by atoms with E-state index in [-0.39, 0.29) is 5.82 Å². The molecule has 6 nitrogen and oxygen atoms in total. The molecule has 0 aliphatic carbocycles. The van der Waals surface area contributed by atoms with E-state index >= 15 is 0 Å². The number of aromatic nitrogens is 6. The van der Waals surface area contributed by atoms with E-state index in [0.717, 1.165) is 54.9 Å². The lowest BCUT2D eigenvalue weighted by molar-refractivity contribution is 0.617. The van der Waals surface area contributed by atoms with Crippen LogP contribution in [0.1, 0.15) is 67.5 Å². The highest BCUT2D eigenvalue weighted by atomic mass is 79.9. The molecule has 0 aliphatic rings. The molecule has 0 fully saturated rings. The maximum absolute atomic E-state index is 12.6. The van der Waals surface area contributed by atoms with Crippen LogP contribution in [-0.2, 0) is 0 Å². The summed E-state index contributed by atoms with van der Waals surface area (Å²) in [7, 11) is 0. The van der Waals surface area contributed by atoms with Crippen molar-refractivity contribution >= 4 is 27.5 Å². The van der Waals surface area contributed by atoms with Crippen molar-refractivity contribution in [1.29, 1.82) is 0 Å². The van der Waals surface area contributed by atoms with Crippen molar-refractivity contribution in [3.63, 3.8) is 0 Å². The standard InChI is InChI=1S/C8H9Cl.C8H9F.C7H8BrN.C7H9N.2C6H8N2/c2*1-6-3-4-7(2)8(9)5-6;1-5-3-4-6(2)9-7(5)8;1-6-3-4-7(2)8-5-6;1-5-3-7-6(2)8-4-5;1-5-3-4-6(2)8-7-5/h2*3-5H,1-2H3;3-4H,1-2H3;3-5H,1-2H3;2*3-4H,1-2H3. The van der Waals surface area contributed by atoms with Gasteiger partial charge in [0.25, 0.3) is 0 Å². The molecule has 51 heavy (non-hydrogen) atoms. The molecule has 0 saturated carbocycles. The summed E-state index contributed by atoms with van der Waals surface area (Å²) in [6.45, 7) is 23.4. The Morgan fingerprint density at radius 1 is 0.471 bits per heavy atom. The minimum absolute atomic E-state index is 0.116. The first-order valence-corrected chi connectivity index (χ1v) is 17.6. The largest absolute Gasteiger partial charge is 0.261 e. The molecule has 4 aromatic heterocycles. The van der Waals surface area contributed by atoms with Crippen LogP contribution < -0.4 is 0 Å². The average molecular weight is 774 g/mol. The second-order valence-corrected chi connectivity index (χ2v) is 13.3. The van der Waals surface area contributed by atoms with Crippen molar-refractivity contribution in [2.24, 2.45) is 0 Å². The fourth-order valence-electron chi connectivity index (χ4n) is 3.45. The van der Waals surface area contributed by atoms with Gasteiger partial charge in [-0.1, -0.05) is 48.0 Å². The molecule has 0 N–H and O–H groups in total. The van der Waals surface area contributed by atoms with E-state index in [9.17, 15) is 4.39 Å². The Bertz CT molecular complexity index is 1600. The fourth-order valence-corrected chi connectivity index (χ4v) is 4.10. The highest BCUT2D eigenvalue weighted by Crippen LogP contribution is 2.15. The van der Waals surface area contributed by atoms with Gasteiger partial charge in [0, 0.05) is 35.0 Å². The first kappa shape index (κ1) is 44.6. The number of hydrogen-bond acceptors (Lipinski definition) is 6. The summed E-state index contributed by atoms with van der Waals surface area (Å²) in [5.74, 6) is 0.714. The van der Waals surface area contributed by atoms with Gasteiger partial charge in [0.2, 0.25) is 0 Å². The first-order valence-electron chi connectivity index (χ1n) is 16.4. The third-order valence-electron chi connectivity index (χ3n) is 6.73. The molecule has 4 heterocycles. The SMILES string of the molecule is Cc1ccc(C)c(Br)n1.Cc1ccc(C)c(Cl)c1.Cc1ccc(C)c(F)c1.Cc1ccc(C)nc1.Cc1ccc(C)nn1.Cc1cnc(C)nc1. The van der Waals surface area contributed by atoms with E-state index in [0.29, 0.717) is 5.56 Å². The van der Waals surface area contributed by atoms with Crippen molar-refractivity contribution < 1.29 is 4.39 Å². The van der Waals surface area contributed by atoms with Gasteiger partial charge in [0.05, 0.1) is 11.4 Å². The average Bonchev–Trinajstić information content (AvgIpc) is 3.08. The lowest BCUT2D eigenvalue weighted by atomic mass is 10.2. The first-order chi connectivity index (χ1) is 24.0. The van der Waals surface area contributed by atoms with Gasteiger partial charge in [-0.15, -0.1) is 0 Å². The molecule has 270 valence electrons. The Labute approximate surface area is 318 Å². The predicted molar refractivity (Wildman–Crippen MR) is 215 cm³/mol. The number of rotatable bonds is 0. The van der Waals surface area contributed by atoms with Gasteiger partial charge in [0.15, 0.2) is 0 Å². The minimum Gasteiger partial charge on any atom is -0.261 e. The monoisotopic (exact) mass is 772 g/mol. The zero-order valence-corrected chi connectivity index (χ0v) is 34.3. The van der Waals surface area contributed by atoms with Crippen LogP contribution in [-0.4, -0.2) is 30.1 Å². The molecule has 6 aromatic rings. The second kappa shape index (κ2) is 23.9. The topological polar surface area (TPSA) is 77.3 Å². The number of nitrogens with zero attached hydrogens (tertiary/aromatic N) is 6. The Morgan fingerprint density at radius 3 is 1.29 bits per heavy atom. The van der Waals surface area contributed by atoms with E-state index in [4.69, 9.17) is 11.6 Å². The van der Waals surface area contributed by atoms with Crippen molar-refractivity contribution in [3.8, 4) is 0 Å². The Balaban J connectivity index is 0.000000306. The van der Waals surface area contributed by atoms with Crippen LogP contribution in [0.15, 0.2) is 96.0 Å². The third-order valence-corrected chi connectivity index (χ3v) is 7.94. The van der Waals surface area contributed by atoms with E-state index in [2.05, 4.69) is 58.2 Å². The molecule has 2 aromatic carbocycles. The molecule has 0 amide bonds. The molecular formula is C42H51BrClFN6.